The fourth-order valence-corrected chi connectivity index (χ4v) is 3.17. The third-order valence-corrected chi connectivity index (χ3v) is 4.66. The van der Waals surface area contributed by atoms with Crippen molar-refractivity contribution in [3.63, 3.8) is 0 Å². The summed E-state index contributed by atoms with van der Waals surface area (Å²) in [5, 5.41) is 0. The Bertz CT molecular complexity index is 244. The smallest absolute Gasteiger partial charge is 0.0698 e. The highest BCUT2D eigenvalue weighted by atomic mass is 16.5. The molecule has 3 atom stereocenters. The van der Waals surface area contributed by atoms with E-state index in [4.69, 9.17) is 15.2 Å². The van der Waals surface area contributed by atoms with Crippen molar-refractivity contribution < 1.29 is 9.47 Å². The van der Waals surface area contributed by atoms with Gasteiger partial charge in [-0.15, -0.1) is 0 Å². The largest absolute Gasteiger partial charge is 0.381 e. The summed E-state index contributed by atoms with van der Waals surface area (Å²) in [6.45, 7) is 6.91. The molecule has 2 N–H and O–H groups in total. The quantitative estimate of drug-likeness (QED) is 0.794. The van der Waals surface area contributed by atoms with E-state index in [-0.39, 0.29) is 5.54 Å². The lowest BCUT2D eigenvalue weighted by atomic mass is 9.82. The molecule has 2 aliphatic rings. The van der Waals surface area contributed by atoms with Crippen molar-refractivity contribution in [1.82, 2.24) is 4.90 Å². The highest BCUT2D eigenvalue weighted by Gasteiger charge is 2.42. The van der Waals surface area contributed by atoms with Crippen molar-refractivity contribution in [2.75, 3.05) is 40.0 Å². The first-order chi connectivity index (χ1) is 8.20. The SMILES string of the molecule is COC1CCCN(C(C)(CN)C2CCOC2)C1. The average molecular weight is 242 g/mol. The highest BCUT2D eigenvalue weighted by Crippen LogP contribution is 2.33. The first-order valence-corrected chi connectivity index (χ1v) is 6.76. The number of methoxy groups -OCH3 is 1. The number of rotatable bonds is 4. The van der Waals surface area contributed by atoms with Gasteiger partial charge in [0.15, 0.2) is 0 Å². The minimum absolute atomic E-state index is 0.0771. The summed E-state index contributed by atoms with van der Waals surface area (Å²) in [6.07, 6.45) is 3.90. The molecule has 0 spiro atoms. The Hall–Kier alpha value is -0.160. The summed E-state index contributed by atoms with van der Waals surface area (Å²) in [5.41, 5.74) is 6.14. The van der Waals surface area contributed by atoms with E-state index in [2.05, 4.69) is 11.8 Å². The van der Waals surface area contributed by atoms with E-state index in [1.165, 1.54) is 12.8 Å². The van der Waals surface area contributed by atoms with Crippen LogP contribution in [0.25, 0.3) is 0 Å². The number of hydrogen-bond donors (Lipinski definition) is 1. The van der Waals surface area contributed by atoms with Gasteiger partial charge in [0, 0.05) is 38.3 Å². The van der Waals surface area contributed by atoms with E-state index in [0.717, 1.165) is 32.7 Å². The van der Waals surface area contributed by atoms with Gasteiger partial charge in [0.25, 0.3) is 0 Å². The number of nitrogens with zero attached hydrogens (tertiary/aromatic N) is 1. The van der Waals surface area contributed by atoms with Gasteiger partial charge >= 0.3 is 0 Å². The Balaban J connectivity index is 2.05. The van der Waals surface area contributed by atoms with Crippen molar-refractivity contribution in [2.45, 2.75) is 37.8 Å². The maximum Gasteiger partial charge on any atom is 0.0698 e. The van der Waals surface area contributed by atoms with Gasteiger partial charge in [0.1, 0.15) is 0 Å². The predicted molar refractivity (Wildman–Crippen MR) is 68.0 cm³/mol. The molecule has 0 saturated carbocycles. The number of piperidine rings is 1. The molecule has 3 unspecified atom stereocenters. The van der Waals surface area contributed by atoms with Gasteiger partial charge in [-0.1, -0.05) is 0 Å². The van der Waals surface area contributed by atoms with Gasteiger partial charge in [-0.2, -0.15) is 0 Å². The summed E-state index contributed by atoms with van der Waals surface area (Å²) >= 11 is 0. The first kappa shape index (κ1) is 13.3. The molecule has 0 radical (unpaired) electrons. The van der Waals surface area contributed by atoms with Crippen molar-refractivity contribution in [1.29, 1.82) is 0 Å². The number of ether oxygens (including phenoxy) is 2. The van der Waals surface area contributed by atoms with Crippen LogP contribution in [0, 0.1) is 5.92 Å². The fourth-order valence-electron chi connectivity index (χ4n) is 3.17. The van der Waals surface area contributed by atoms with Crippen molar-refractivity contribution in [3.05, 3.63) is 0 Å². The zero-order valence-electron chi connectivity index (χ0n) is 11.2. The Morgan fingerprint density at radius 3 is 2.88 bits per heavy atom. The standard InChI is InChI=1S/C13H26N2O2/c1-13(10-14,11-5-7-17-9-11)15-6-3-4-12(8-15)16-2/h11-12H,3-10,14H2,1-2H3. The predicted octanol–water partition coefficient (Wildman–Crippen LogP) is 0.851. The van der Waals surface area contributed by atoms with Crippen molar-refractivity contribution in [3.8, 4) is 0 Å². The molecule has 2 fully saturated rings. The second-order valence-corrected chi connectivity index (χ2v) is 5.57. The third-order valence-electron chi connectivity index (χ3n) is 4.66. The summed E-state index contributed by atoms with van der Waals surface area (Å²) in [4.78, 5) is 2.53. The summed E-state index contributed by atoms with van der Waals surface area (Å²) < 4.78 is 11.0. The second-order valence-electron chi connectivity index (χ2n) is 5.57. The van der Waals surface area contributed by atoms with Crippen molar-refractivity contribution in [2.24, 2.45) is 11.7 Å². The van der Waals surface area contributed by atoms with E-state index in [9.17, 15) is 0 Å². The van der Waals surface area contributed by atoms with E-state index < -0.39 is 0 Å². The minimum atomic E-state index is 0.0771. The third kappa shape index (κ3) is 2.65. The van der Waals surface area contributed by atoms with Crippen LogP contribution in [0.3, 0.4) is 0 Å². The molecule has 2 heterocycles. The van der Waals surface area contributed by atoms with Gasteiger partial charge in [-0.25, -0.2) is 0 Å². The molecule has 2 aliphatic heterocycles. The molecule has 17 heavy (non-hydrogen) atoms. The van der Waals surface area contributed by atoms with E-state index >= 15 is 0 Å². The van der Waals surface area contributed by atoms with Gasteiger partial charge in [0.05, 0.1) is 12.7 Å². The van der Waals surface area contributed by atoms with Gasteiger partial charge in [-0.05, 0) is 32.7 Å². The van der Waals surface area contributed by atoms with Crippen LogP contribution < -0.4 is 5.73 Å². The summed E-state index contributed by atoms with van der Waals surface area (Å²) in [5.74, 6) is 0.572. The van der Waals surface area contributed by atoms with Crippen LogP contribution in [0.5, 0.6) is 0 Å². The van der Waals surface area contributed by atoms with Gasteiger partial charge in [-0.3, -0.25) is 4.90 Å². The zero-order valence-corrected chi connectivity index (χ0v) is 11.2. The molecule has 100 valence electrons. The molecule has 0 amide bonds. The van der Waals surface area contributed by atoms with Crippen LogP contribution in [0.4, 0.5) is 0 Å². The van der Waals surface area contributed by atoms with E-state index in [0.29, 0.717) is 18.6 Å². The molecular weight excluding hydrogens is 216 g/mol. The summed E-state index contributed by atoms with van der Waals surface area (Å²) in [7, 11) is 1.81. The second kappa shape index (κ2) is 5.65. The highest BCUT2D eigenvalue weighted by molar-refractivity contribution is 4.97. The Kier molecular flexibility index (Phi) is 4.42. The molecular formula is C13H26N2O2. The van der Waals surface area contributed by atoms with Gasteiger partial charge in [0.2, 0.25) is 0 Å². The molecule has 4 nitrogen and oxygen atoms in total. The van der Waals surface area contributed by atoms with Crippen molar-refractivity contribution >= 4 is 0 Å². The van der Waals surface area contributed by atoms with Crippen LogP contribution in [0.15, 0.2) is 0 Å². The van der Waals surface area contributed by atoms with Crippen LogP contribution in [-0.2, 0) is 9.47 Å². The monoisotopic (exact) mass is 242 g/mol. The Morgan fingerprint density at radius 1 is 1.47 bits per heavy atom. The molecule has 2 rings (SSSR count). The Morgan fingerprint density at radius 2 is 2.29 bits per heavy atom. The Labute approximate surface area is 104 Å². The lowest BCUT2D eigenvalue weighted by molar-refractivity contribution is -0.0335. The molecule has 0 aromatic carbocycles. The molecule has 4 heteroatoms. The van der Waals surface area contributed by atoms with Crippen LogP contribution in [-0.4, -0.2) is 56.5 Å². The maximum atomic E-state index is 6.07. The van der Waals surface area contributed by atoms with Crippen LogP contribution in [0.1, 0.15) is 26.2 Å². The van der Waals surface area contributed by atoms with E-state index in [1.807, 2.05) is 7.11 Å². The van der Waals surface area contributed by atoms with Gasteiger partial charge < -0.3 is 15.2 Å². The summed E-state index contributed by atoms with van der Waals surface area (Å²) in [6, 6.07) is 0. The fraction of sp³-hybridized carbons (Fsp3) is 1.00. The van der Waals surface area contributed by atoms with Crippen LogP contribution >= 0.6 is 0 Å². The molecule has 0 bridgehead atoms. The average Bonchev–Trinajstić information content (AvgIpc) is 2.92. The lowest BCUT2D eigenvalue weighted by Crippen LogP contribution is -2.60. The molecule has 0 aromatic rings. The first-order valence-electron chi connectivity index (χ1n) is 6.76. The maximum absolute atomic E-state index is 6.07. The van der Waals surface area contributed by atoms with Crippen LogP contribution in [0.2, 0.25) is 0 Å². The lowest BCUT2D eigenvalue weighted by Gasteiger charge is -2.47. The molecule has 0 aromatic heterocycles. The zero-order chi connectivity index (χ0) is 12.3. The number of likely N-dealkylation sites (tertiary alicyclic amines) is 1. The molecule has 2 saturated heterocycles. The normalized spacial score (nSPS) is 34.8. The molecule has 0 aliphatic carbocycles. The topological polar surface area (TPSA) is 47.7 Å². The minimum Gasteiger partial charge on any atom is -0.381 e. The van der Waals surface area contributed by atoms with E-state index in [1.54, 1.807) is 0 Å². The number of nitrogens with two attached hydrogens (primary N) is 1. The number of hydrogen-bond acceptors (Lipinski definition) is 4.